The van der Waals surface area contributed by atoms with Crippen LogP contribution in [0.25, 0.3) is 0 Å². The quantitative estimate of drug-likeness (QED) is 0.905. The lowest BCUT2D eigenvalue weighted by molar-refractivity contribution is -0.137. The van der Waals surface area contributed by atoms with E-state index in [4.69, 9.17) is 5.26 Å². The van der Waals surface area contributed by atoms with Gasteiger partial charge >= 0.3 is 6.18 Å². The monoisotopic (exact) mass is 300 g/mol. The van der Waals surface area contributed by atoms with Crippen molar-refractivity contribution in [3.05, 3.63) is 29.3 Å². The Hall–Kier alpha value is -1.35. The molecule has 1 unspecified atom stereocenters. The van der Waals surface area contributed by atoms with Gasteiger partial charge in [-0.25, -0.2) is 0 Å². The fourth-order valence-electron chi connectivity index (χ4n) is 2.23. The second-order valence-corrected chi connectivity index (χ2v) is 6.81. The maximum atomic E-state index is 12.6. The van der Waals surface area contributed by atoms with Gasteiger partial charge in [-0.1, -0.05) is 0 Å². The number of nitrogens with zero attached hydrogens (tertiary/aromatic N) is 1. The van der Waals surface area contributed by atoms with Gasteiger partial charge in [-0.2, -0.15) is 30.2 Å². The second kappa shape index (κ2) is 5.57. The SMILES string of the molecule is CC1(CNc2ccc(C(F)(F)F)cc2C#N)CCCS1. The molecule has 1 aromatic rings. The van der Waals surface area contributed by atoms with Crippen LogP contribution in [0.2, 0.25) is 0 Å². The molecule has 0 spiro atoms. The number of rotatable bonds is 3. The second-order valence-electron chi connectivity index (χ2n) is 5.13. The van der Waals surface area contributed by atoms with Gasteiger partial charge < -0.3 is 5.32 Å². The number of alkyl halides is 3. The molecule has 1 aromatic carbocycles. The van der Waals surface area contributed by atoms with Crippen molar-refractivity contribution >= 4 is 17.4 Å². The molecular weight excluding hydrogens is 285 g/mol. The van der Waals surface area contributed by atoms with E-state index in [1.807, 2.05) is 17.8 Å². The molecule has 1 aliphatic rings. The molecule has 20 heavy (non-hydrogen) atoms. The minimum atomic E-state index is -4.42. The smallest absolute Gasteiger partial charge is 0.383 e. The number of nitrogens with one attached hydrogen (secondary N) is 1. The third-order valence-electron chi connectivity index (χ3n) is 3.42. The first-order valence-electron chi connectivity index (χ1n) is 6.33. The highest BCUT2D eigenvalue weighted by molar-refractivity contribution is 8.00. The highest BCUT2D eigenvalue weighted by Crippen LogP contribution is 2.38. The molecule has 1 fully saturated rings. The Kier molecular flexibility index (Phi) is 4.19. The van der Waals surface area contributed by atoms with Crippen LogP contribution < -0.4 is 5.32 Å². The highest BCUT2D eigenvalue weighted by Gasteiger charge is 2.32. The summed E-state index contributed by atoms with van der Waals surface area (Å²) in [5.41, 5.74) is -0.290. The summed E-state index contributed by atoms with van der Waals surface area (Å²) in [5, 5.41) is 12.1. The van der Waals surface area contributed by atoms with E-state index in [1.165, 1.54) is 6.07 Å². The third kappa shape index (κ3) is 3.40. The van der Waals surface area contributed by atoms with Crippen LogP contribution in [0, 0.1) is 11.3 Å². The first-order valence-corrected chi connectivity index (χ1v) is 7.32. The molecule has 0 aliphatic carbocycles. The maximum absolute atomic E-state index is 12.6. The van der Waals surface area contributed by atoms with Gasteiger partial charge in [0.25, 0.3) is 0 Å². The molecule has 1 heterocycles. The van der Waals surface area contributed by atoms with E-state index in [9.17, 15) is 13.2 Å². The molecule has 0 aromatic heterocycles. The lowest BCUT2D eigenvalue weighted by Gasteiger charge is -2.24. The Balaban J connectivity index is 2.14. The summed E-state index contributed by atoms with van der Waals surface area (Å²) in [6.07, 6.45) is -2.19. The molecule has 2 nitrogen and oxygen atoms in total. The van der Waals surface area contributed by atoms with Crippen molar-refractivity contribution in [1.29, 1.82) is 5.26 Å². The van der Waals surface area contributed by atoms with Crippen LogP contribution in [0.5, 0.6) is 0 Å². The van der Waals surface area contributed by atoms with Crippen molar-refractivity contribution in [2.24, 2.45) is 0 Å². The molecular formula is C14H15F3N2S. The molecule has 6 heteroatoms. The van der Waals surface area contributed by atoms with E-state index in [0.29, 0.717) is 12.2 Å². The molecule has 2 rings (SSSR count). The molecule has 1 aliphatic heterocycles. The largest absolute Gasteiger partial charge is 0.416 e. The van der Waals surface area contributed by atoms with Crippen LogP contribution >= 0.6 is 11.8 Å². The van der Waals surface area contributed by atoms with Crippen LogP contribution in [0.15, 0.2) is 18.2 Å². The van der Waals surface area contributed by atoms with Gasteiger partial charge in [0.15, 0.2) is 0 Å². The first-order chi connectivity index (χ1) is 9.34. The Labute approximate surface area is 120 Å². The Morgan fingerprint density at radius 2 is 2.20 bits per heavy atom. The average Bonchev–Trinajstić information content (AvgIpc) is 2.82. The first kappa shape index (κ1) is 15.0. The van der Waals surface area contributed by atoms with Gasteiger partial charge in [-0.15, -0.1) is 0 Å². The number of hydrogen-bond donors (Lipinski definition) is 1. The topological polar surface area (TPSA) is 35.8 Å². The minimum Gasteiger partial charge on any atom is -0.383 e. The van der Waals surface area contributed by atoms with Gasteiger partial charge in [-0.05, 0) is 43.7 Å². The van der Waals surface area contributed by atoms with Gasteiger partial charge in [0.1, 0.15) is 6.07 Å². The van der Waals surface area contributed by atoms with Crippen LogP contribution in [-0.4, -0.2) is 17.0 Å². The fourth-order valence-corrected chi connectivity index (χ4v) is 3.47. The van der Waals surface area contributed by atoms with E-state index in [-0.39, 0.29) is 10.3 Å². The average molecular weight is 300 g/mol. The van der Waals surface area contributed by atoms with Crippen molar-refractivity contribution in [2.75, 3.05) is 17.6 Å². The van der Waals surface area contributed by atoms with Gasteiger partial charge in [0, 0.05) is 11.3 Å². The van der Waals surface area contributed by atoms with Gasteiger partial charge in [-0.3, -0.25) is 0 Å². The number of anilines is 1. The fraction of sp³-hybridized carbons (Fsp3) is 0.500. The number of thioether (sulfide) groups is 1. The van der Waals surface area contributed by atoms with Crippen LogP contribution in [0.4, 0.5) is 18.9 Å². The summed E-state index contributed by atoms with van der Waals surface area (Å²) in [7, 11) is 0. The summed E-state index contributed by atoms with van der Waals surface area (Å²) in [5.74, 6) is 1.11. The van der Waals surface area contributed by atoms with E-state index < -0.39 is 11.7 Å². The van der Waals surface area contributed by atoms with Crippen molar-refractivity contribution in [3.8, 4) is 6.07 Å². The predicted octanol–water partition coefficient (Wildman–Crippen LogP) is 4.27. The lowest BCUT2D eigenvalue weighted by Crippen LogP contribution is -2.27. The highest BCUT2D eigenvalue weighted by atomic mass is 32.2. The molecule has 0 radical (unpaired) electrons. The Morgan fingerprint density at radius 3 is 2.75 bits per heavy atom. The van der Waals surface area contributed by atoms with Gasteiger partial charge in [0.2, 0.25) is 0 Å². The van der Waals surface area contributed by atoms with E-state index in [0.717, 1.165) is 30.7 Å². The zero-order valence-corrected chi connectivity index (χ0v) is 11.9. The number of hydrogen-bond acceptors (Lipinski definition) is 3. The Morgan fingerprint density at radius 1 is 1.45 bits per heavy atom. The third-order valence-corrected chi connectivity index (χ3v) is 4.96. The van der Waals surface area contributed by atoms with E-state index in [2.05, 4.69) is 12.2 Å². The van der Waals surface area contributed by atoms with Crippen LogP contribution in [0.3, 0.4) is 0 Å². The molecule has 0 saturated carbocycles. The van der Waals surface area contributed by atoms with Crippen molar-refractivity contribution < 1.29 is 13.2 Å². The van der Waals surface area contributed by atoms with Crippen molar-refractivity contribution in [2.45, 2.75) is 30.7 Å². The van der Waals surface area contributed by atoms with Crippen molar-refractivity contribution in [3.63, 3.8) is 0 Å². The van der Waals surface area contributed by atoms with E-state index in [1.54, 1.807) is 0 Å². The van der Waals surface area contributed by atoms with Crippen LogP contribution in [-0.2, 0) is 6.18 Å². The summed E-state index contributed by atoms with van der Waals surface area (Å²) in [6, 6.07) is 5.07. The minimum absolute atomic E-state index is 0.0337. The van der Waals surface area contributed by atoms with Crippen molar-refractivity contribution in [1.82, 2.24) is 0 Å². The molecule has 1 N–H and O–H groups in total. The number of benzene rings is 1. The molecule has 0 bridgehead atoms. The summed E-state index contributed by atoms with van der Waals surface area (Å²) < 4.78 is 37.9. The van der Waals surface area contributed by atoms with Crippen LogP contribution in [0.1, 0.15) is 30.9 Å². The standard InChI is InChI=1S/C14H15F3N2S/c1-13(5-2-6-20-13)9-19-12-4-3-11(14(15,16)17)7-10(12)8-18/h3-4,7,19H,2,5-6,9H2,1H3. The molecule has 0 amide bonds. The summed E-state index contributed by atoms with van der Waals surface area (Å²) in [4.78, 5) is 0. The summed E-state index contributed by atoms with van der Waals surface area (Å²) >= 11 is 1.86. The predicted molar refractivity (Wildman–Crippen MR) is 74.7 cm³/mol. The maximum Gasteiger partial charge on any atom is 0.416 e. The zero-order valence-electron chi connectivity index (χ0n) is 11.0. The zero-order chi connectivity index (χ0) is 14.8. The number of halogens is 3. The molecule has 1 saturated heterocycles. The molecule has 108 valence electrons. The van der Waals surface area contributed by atoms with Gasteiger partial charge in [0.05, 0.1) is 16.8 Å². The number of nitriles is 1. The lowest BCUT2D eigenvalue weighted by atomic mass is 10.0. The Bertz CT molecular complexity index is 528. The molecule has 1 atom stereocenters. The summed E-state index contributed by atoms with van der Waals surface area (Å²) in [6.45, 7) is 2.78. The normalized spacial score (nSPS) is 22.6. The van der Waals surface area contributed by atoms with E-state index >= 15 is 0 Å².